The van der Waals surface area contributed by atoms with Crippen LogP contribution in [0.4, 0.5) is 0 Å². The summed E-state index contributed by atoms with van der Waals surface area (Å²) < 4.78 is 0. The molecule has 0 aromatic carbocycles. The Morgan fingerprint density at radius 1 is 1.33 bits per heavy atom. The summed E-state index contributed by atoms with van der Waals surface area (Å²) in [6.45, 7) is 3.22. The Kier molecular flexibility index (Phi) is 3.69. The van der Waals surface area contributed by atoms with Gasteiger partial charge in [-0.3, -0.25) is 4.99 Å². The Hall–Kier alpha value is -0.830. The molecule has 1 aromatic heterocycles. The lowest BCUT2D eigenvalue weighted by Crippen LogP contribution is -2.31. The van der Waals surface area contributed by atoms with E-state index in [1.165, 1.54) is 43.5 Å². The van der Waals surface area contributed by atoms with Gasteiger partial charge in [-0.2, -0.15) is 11.3 Å². The van der Waals surface area contributed by atoms with E-state index in [4.69, 9.17) is 4.99 Å². The molecule has 1 N–H and O–H groups in total. The molecular weight excluding hydrogens is 240 g/mol. The first-order chi connectivity index (χ1) is 8.84. The molecule has 1 saturated carbocycles. The van der Waals surface area contributed by atoms with Gasteiger partial charge in [0.25, 0.3) is 0 Å². The maximum absolute atomic E-state index is 4.83. The molecule has 0 saturated heterocycles. The summed E-state index contributed by atoms with van der Waals surface area (Å²) >= 11 is 1.81. The van der Waals surface area contributed by atoms with Crippen LogP contribution in [0.1, 0.15) is 50.5 Å². The van der Waals surface area contributed by atoms with Gasteiger partial charge in [-0.1, -0.05) is 19.3 Å². The molecule has 2 nitrogen and oxygen atoms in total. The maximum Gasteiger partial charge on any atom is 0.105 e. The van der Waals surface area contributed by atoms with E-state index in [1.54, 1.807) is 0 Å². The van der Waals surface area contributed by atoms with Crippen molar-refractivity contribution in [2.45, 2.75) is 51.0 Å². The molecule has 1 aliphatic carbocycles. The first-order valence-electron chi connectivity index (χ1n) is 7.18. The largest absolute Gasteiger partial charge is 0.371 e. The fourth-order valence-corrected chi connectivity index (χ4v) is 4.04. The Balaban J connectivity index is 1.86. The first-order valence-corrected chi connectivity index (χ1v) is 8.12. The van der Waals surface area contributed by atoms with E-state index >= 15 is 0 Å². The van der Waals surface area contributed by atoms with Crippen molar-refractivity contribution in [2.24, 2.45) is 10.9 Å². The quantitative estimate of drug-likeness (QED) is 0.880. The van der Waals surface area contributed by atoms with Crippen LogP contribution in [0.15, 0.2) is 21.8 Å². The summed E-state index contributed by atoms with van der Waals surface area (Å²) in [4.78, 5) is 4.83. The van der Waals surface area contributed by atoms with Gasteiger partial charge in [0, 0.05) is 12.5 Å². The van der Waals surface area contributed by atoms with Crippen LogP contribution >= 0.6 is 11.3 Å². The van der Waals surface area contributed by atoms with Gasteiger partial charge >= 0.3 is 0 Å². The highest BCUT2D eigenvalue weighted by Gasteiger charge is 2.31. The smallest absolute Gasteiger partial charge is 0.105 e. The van der Waals surface area contributed by atoms with Crippen LogP contribution in [0.5, 0.6) is 0 Å². The second-order valence-electron chi connectivity index (χ2n) is 5.68. The minimum atomic E-state index is 0.449. The molecule has 0 bridgehead atoms. The number of rotatable bonds is 3. The van der Waals surface area contributed by atoms with Crippen LogP contribution < -0.4 is 5.32 Å². The van der Waals surface area contributed by atoms with Crippen molar-refractivity contribution in [2.75, 3.05) is 6.54 Å². The van der Waals surface area contributed by atoms with E-state index in [2.05, 4.69) is 29.1 Å². The maximum atomic E-state index is 4.83. The van der Waals surface area contributed by atoms with Crippen LogP contribution in [-0.2, 0) is 0 Å². The van der Waals surface area contributed by atoms with Crippen molar-refractivity contribution in [1.29, 1.82) is 0 Å². The molecule has 18 heavy (non-hydrogen) atoms. The molecule has 3 rings (SSSR count). The summed E-state index contributed by atoms with van der Waals surface area (Å²) in [5.74, 6) is 2.58. The normalized spacial score (nSPS) is 26.7. The van der Waals surface area contributed by atoms with Gasteiger partial charge in [-0.05, 0) is 48.1 Å². The Morgan fingerprint density at radius 3 is 2.78 bits per heavy atom. The van der Waals surface area contributed by atoms with E-state index in [0.717, 1.165) is 12.5 Å². The third-order valence-electron chi connectivity index (χ3n) is 4.26. The lowest BCUT2D eigenvalue weighted by molar-refractivity contribution is 0.340. The van der Waals surface area contributed by atoms with E-state index in [0.29, 0.717) is 12.0 Å². The molecule has 98 valence electrons. The highest BCUT2D eigenvalue weighted by Crippen LogP contribution is 2.38. The van der Waals surface area contributed by atoms with E-state index < -0.39 is 0 Å². The fraction of sp³-hybridized carbons (Fsp3) is 0.667. The van der Waals surface area contributed by atoms with Gasteiger partial charge in [0.05, 0.1) is 6.04 Å². The van der Waals surface area contributed by atoms with E-state index in [9.17, 15) is 0 Å². The minimum absolute atomic E-state index is 0.449. The van der Waals surface area contributed by atoms with Gasteiger partial charge in [-0.15, -0.1) is 0 Å². The van der Waals surface area contributed by atoms with Gasteiger partial charge in [0.1, 0.15) is 5.84 Å². The zero-order chi connectivity index (χ0) is 12.4. The zero-order valence-corrected chi connectivity index (χ0v) is 11.9. The molecule has 1 aliphatic heterocycles. The van der Waals surface area contributed by atoms with Crippen LogP contribution in [0.3, 0.4) is 0 Å². The number of nitrogens with zero attached hydrogens (tertiary/aromatic N) is 1. The van der Waals surface area contributed by atoms with E-state index in [1.807, 2.05) is 11.3 Å². The number of thiophene rings is 1. The average molecular weight is 262 g/mol. The van der Waals surface area contributed by atoms with Crippen molar-refractivity contribution < 1.29 is 0 Å². The summed E-state index contributed by atoms with van der Waals surface area (Å²) in [6.07, 6.45) is 6.95. The van der Waals surface area contributed by atoms with Crippen molar-refractivity contribution in [3.8, 4) is 0 Å². The van der Waals surface area contributed by atoms with Gasteiger partial charge in [-0.25, -0.2) is 0 Å². The van der Waals surface area contributed by atoms with Crippen molar-refractivity contribution in [1.82, 2.24) is 5.32 Å². The second kappa shape index (κ2) is 5.43. The zero-order valence-electron chi connectivity index (χ0n) is 11.1. The average Bonchev–Trinajstić information content (AvgIpc) is 3.04. The lowest BCUT2D eigenvalue weighted by Gasteiger charge is -2.30. The van der Waals surface area contributed by atoms with E-state index in [-0.39, 0.29) is 0 Å². The molecule has 2 aliphatic rings. The molecule has 3 heteroatoms. The monoisotopic (exact) mass is 262 g/mol. The summed E-state index contributed by atoms with van der Waals surface area (Å²) in [5, 5.41) is 8.06. The molecule has 0 radical (unpaired) electrons. The summed E-state index contributed by atoms with van der Waals surface area (Å²) in [5.41, 5.74) is 1.48. The summed E-state index contributed by atoms with van der Waals surface area (Å²) in [6, 6.07) is 2.74. The van der Waals surface area contributed by atoms with Gasteiger partial charge < -0.3 is 5.32 Å². The Labute approximate surface area is 114 Å². The molecule has 1 fully saturated rings. The van der Waals surface area contributed by atoms with Crippen molar-refractivity contribution in [3.63, 3.8) is 0 Å². The van der Waals surface area contributed by atoms with Gasteiger partial charge in [0.2, 0.25) is 0 Å². The standard InChI is InChI=1S/C15H22N2S/c1-11-9-16-15(17-11)14(13-7-8-18-10-13)12-5-3-2-4-6-12/h7-8,10-12,14H,2-6,9H2,1H3,(H,16,17)/t11-,14?/m0/s1. The van der Waals surface area contributed by atoms with Crippen LogP contribution in [0, 0.1) is 5.92 Å². The number of amidine groups is 1. The van der Waals surface area contributed by atoms with Gasteiger partial charge in [0.15, 0.2) is 0 Å². The highest BCUT2D eigenvalue weighted by molar-refractivity contribution is 7.08. The fourth-order valence-electron chi connectivity index (χ4n) is 3.34. The molecule has 0 spiro atoms. The number of hydrogen-bond acceptors (Lipinski definition) is 3. The third-order valence-corrected chi connectivity index (χ3v) is 4.96. The molecular formula is C15H22N2S. The Morgan fingerprint density at radius 2 is 2.17 bits per heavy atom. The predicted octanol–water partition coefficient (Wildman–Crippen LogP) is 3.80. The molecule has 1 aromatic rings. The molecule has 2 heterocycles. The number of nitrogens with one attached hydrogen (secondary N) is 1. The third kappa shape index (κ3) is 2.46. The second-order valence-corrected chi connectivity index (χ2v) is 6.46. The Bertz CT molecular complexity index is 404. The summed E-state index contributed by atoms with van der Waals surface area (Å²) in [7, 11) is 0. The van der Waals surface area contributed by atoms with Crippen LogP contribution in [-0.4, -0.2) is 18.4 Å². The number of aliphatic imine (C=N–C) groups is 1. The lowest BCUT2D eigenvalue weighted by atomic mass is 9.77. The predicted molar refractivity (Wildman–Crippen MR) is 78.5 cm³/mol. The number of hydrogen-bond donors (Lipinski definition) is 1. The SMILES string of the molecule is C[C@H]1CNC(C(c2ccsc2)C2CCCCC2)=N1. The van der Waals surface area contributed by atoms with Crippen molar-refractivity contribution in [3.05, 3.63) is 22.4 Å². The molecule has 2 atom stereocenters. The van der Waals surface area contributed by atoms with Crippen molar-refractivity contribution >= 4 is 17.2 Å². The highest BCUT2D eigenvalue weighted by atomic mass is 32.1. The topological polar surface area (TPSA) is 24.4 Å². The van der Waals surface area contributed by atoms with Crippen LogP contribution in [0.25, 0.3) is 0 Å². The van der Waals surface area contributed by atoms with Crippen LogP contribution in [0.2, 0.25) is 0 Å². The molecule has 0 amide bonds. The molecule has 1 unspecified atom stereocenters. The minimum Gasteiger partial charge on any atom is -0.371 e. The first kappa shape index (κ1) is 12.2.